The first-order valence-corrected chi connectivity index (χ1v) is 7.58. The molecular weight excluding hydrogens is 305 g/mol. The molecule has 0 amide bonds. The first kappa shape index (κ1) is 14.3. The predicted molar refractivity (Wildman–Crippen MR) is 82.2 cm³/mol. The van der Waals surface area contributed by atoms with Gasteiger partial charge in [-0.2, -0.15) is 0 Å². The summed E-state index contributed by atoms with van der Waals surface area (Å²) in [5, 5.41) is 4.60. The predicted octanol–water partition coefficient (Wildman–Crippen LogP) is 4.24. The molecule has 7 heteroatoms. The summed E-state index contributed by atoms with van der Waals surface area (Å²) in [4.78, 5) is 11.4. The molecule has 4 rings (SSSR count). The monoisotopic (exact) mass is 320 g/mol. The van der Waals surface area contributed by atoms with Crippen LogP contribution in [0.4, 0.5) is 19.0 Å². The fourth-order valence-corrected chi connectivity index (χ4v) is 3.30. The molecule has 4 nitrogen and oxygen atoms in total. The number of fused-ring (bicyclic) bond motifs is 3. The van der Waals surface area contributed by atoms with Crippen LogP contribution in [0.2, 0.25) is 0 Å². The molecule has 1 unspecified atom stereocenters. The van der Waals surface area contributed by atoms with Crippen LogP contribution in [-0.2, 0) is 0 Å². The number of halogens is 3. The third-order valence-corrected chi connectivity index (χ3v) is 4.33. The van der Waals surface area contributed by atoms with E-state index in [0.29, 0.717) is 35.2 Å². The number of rotatable bonds is 2. The van der Waals surface area contributed by atoms with E-state index < -0.39 is 5.92 Å². The lowest BCUT2D eigenvalue weighted by molar-refractivity contribution is -0.0373. The highest BCUT2D eigenvalue weighted by atomic mass is 19.3. The topological polar surface area (TPSA) is 53.6 Å². The Labute approximate surface area is 130 Å². The van der Waals surface area contributed by atoms with E-state index in [1.807, 2.05) is 0 Å². The molecular formula is C16H15F3N4. The minimum atomic E-state index is -2.63. The van der Waals surface area contributed by atoms with Crippen molar-refractivity contribution in [1.82, 2.24) is 15.0 Å². The minimum Gasteiger partial charge on any atom is -0.366 e. The van der Waals surface area contributed by atoms with Crippen LogP contribution in [0.1, 0.15) is 25.7 Å². The van der Waals surface area contributed by atoms with Crippen LogP contribution in [0.25, 0.3) is 21.9 Å². The zero-order chi connectivity index (χ0) is 16.0. The number of aromatic amines is 1. The third-order valence-electron chi connectivity index (χ3n) is 4.33. The Morgan fingerprint density at radius 1 is 1.26 bits per heavy atom. The van der Waals surface area contributed by atoms with Crippen molar-refractivity contribution in [1.29, 1.82) is 0 Å². The van der Waals surface area contributed by atoms with Gasteiger partial charge in [0.1, 0.15) is 23.6 Å². The fraction of sp³-hybridized carbons (Fsp3) is 0.375. The van der Waals surface area contributed by atoms with Crippen LogP contribution < -0.4 is 5.32 Å². The summed E-state index contributed by atoms with van der Waals surface area (Å²) in [6.07, 6.45) is 2.28. The van der Waals surface area contributed by atoms with E-state index in [4.69, 9.17) is 0 Å². The van der Waals surface area contributed by atoms with E-state index in [1.54, 1.807) is 6.07 Å². The molecule has 2 heterocycles. The Morgan fingerprint density at radius 3 is 2.96 bits per heavy atom. The molecule has 2 aromatic heterocycles. The second-order valence-electron chi connectivity index (χ2n) is 6.05. The van der Waals surface area contributed by atoms with Crippen molar-refractivity contribution in [2.75, 3.05) is 5.32 Å². The van der Waals surface area contributed by atoms with Gasteiger partial charge < -0.3 is 10.3 Å². The van der Waals surface area contributed by atoms with Gasteiger partial charge in [0.05, 0.1) is 10.9 Å². The van der Waals surface area contributed by atoms with Gasteiger partial charge in [-0.3, -0.25) is 0 Å². The van der Waals surface area contributed by atoms with Gasteiger partial charge in [0.25, 0.3) is 0 Å². The van der Waals surface area contributed by atoms with Gasteiger partial charge in [-0.25, -0.2) is 23.1 Å². The van der Waals surface area contributed by atoms with Crippen LogP contribution in [0.15, 0.2) is 24.5 Å². The van der Waals surface area contributed by atoms with Crippen molar-refractivity contribution in [3.8, 4) is 0 Å². The molecule has 0 saturated heterocycles. The first-order chi connectivity index (χ1) is 11.0. The average molecular weight is 320 g/mol. The van der Waals surface area contributed by atoms with E-state index in [0.717, 1.165) is 5.39 Å². The Bertz CT molecular complexity index is 874. The third kappa shape index (κ3) is 2.60. The summed E-state index contributed by atoms with van der Waals surface area (Å²) in [7, 11) is 0. The van der Waals surface area contributed by atoms with Gasteiger partial charge in [-0.15, -0.1) is 0 Å². The number of benzene rings is 1. The van der Waals surface area contributed by atoms with E-state index in [9.17, 15) is 13.2 Å². The highest BCUT2D eigenvalue weighted by Crippen LogP contribution is 2.36. The number of hydrogen-bond acceptors (Lipinski definition) is 3. The van der Waals surface area contributed by atoms with Crippen LogP contribution in [-0.4, -0.2) is 26.9 Å². The molecule has 1 fully saturated rings. The molecule has 1 aliphatic carbocycles. The number of hydrogen-bond donors (Lipinski definition) is 2. The summed E-state index contributed by atoms with van der Waals surface area (Å²) < 4.78 is 40.5. The minimum absolute atomic E-state index is 0.0588. The molecule has 0 radical (unpaired) electrons. The molecule has 1 aliphatic rings. The van der Waals surface area contributed by atoms with Crippen molar-refractivity contribution >= 4 is 27.8 Å². The summed E-state index contributed by atoms with van der Waals surface area (Å²) in [6, 6.07) is 4.06. The lowest BCUT2D eigenvalue weighted by Crippen LogP contribution is -2.34. The molecule has 120 valence electrons. The van der Waals surface area contributed by atoms with E-state index in [-0.39, 0.29) is 24.7 Å². The normalized spacial score (nSPS) is 20.9. The average Bonchev–Trinajstić information content (AvgIpc) is 2.84. The Hall–Kier alpha value is -2.31. The summed E-state index contributed by atoms with van der Waals surface area (Å²) in [5.41, 5.74) is 1.17. The van der Waals surface area contributed by atoms with Gasteiger partial charge >= 0.3 is 0 Å². The van der Waals surface area contributed by atoms with Crippen molar-refractivity contribution in [2.45, 2.75) is 37.6 Å². The molecule has 0 spiro atoms. The molecule has 0 aliphatic heterocycles. The molecule has 2 N–H and O–H groups in total. The summed E-state index contributed by atoms with van der Waals surface area (Å²) in [6.45, 7) is 0. The number of alkyl halides is 2. The molecule has 1 atom stereocenters. The number of nitrogens with zero attached hydrogens (tertiary/aromatic N) is 2. The van der Waals surface area contributed by atoms with Gasteiger partial charge in [-0.05, 0) is 31.0 Å². The van der Waals surface area contributed by atoms with Crippen LogP contribution in [0.3, 0.4) is 0 Å². The standard InChI is InChI=1S/C16H15F3N4/c17-9-3-4-11-12(6-9)23-15-13(11)14(20-8-21-15)22-10-2-1-5-16(18,19)7-10/h3-4,6,8,10H,1-2,5,7H2,(H2,20,21,22,23). The van der Waals surface area contributed by atoms with Crippen molar-refractivity contribution in [3.05, 3.63) is 30.3 Å². The fourth-order valence-electron chi connectivity index (χ4n) is 3.30. The second-order valence-corrected chi connectivity index (χ2v) is 6.05. The SMILES string of the molecule is Fc1ccc2c(c1)[nH]c1ncnc(NC3CCCC(F)(F)C3)c12. The van der Waals surface area contributed by atoms with Crippen molar-refractivity contribution in [3.63, 3.8) is 0 Å². The maximum Gasteiger partial charge on any atom is 0.250 e. The van der Waals surface area contributed by atoms with Gasteiger partial charge in [0.15, 0.2) is 0 Å². The highest BCUT2D eigenvalue weighted by molar-refractivity contribution is 6.11. The molecule has 0 bridgehead atoms. The van der Waals surface area contributed by atoms with Crippen LogP contribution in [0, 0.1) is 5.82 Å². The maximum atomic E-state index is 13.6. The maximum absolute atomic E-state index is 13.6. The molecule has 1 saturated carbocycles. The Balaban J connectivity index is 1.76. The largest absolute Gasteiger partial charge is 0.366 e. The first-order valence-electron chi connectivity index (χ1n) is 7.58. The van der Waals surface area contributed by atoms with Gasteiger partial charge in [-0.1, -0.05) is 0 Å². The quantitative estimate of drug-likeness (QED) is 0.742. The number of anilines is 1. The molecule has 1 aromatic carbocycles. The lowest BCUT2D eigenvalue weighted by Gasteiger charge is -2.29. The summed E-state index contributed by atoms with van der Waals surface area (Å²) >= 11 is 0. The summed E-state index contributed by atoms with van der Waals surface area (Å²) in [5.74, 6) is -2.47. The molecule has 23 heavy (non-hydrogen) atoms. The smallest absolute Gasteiger partial charge is 0.250 e. The number of aromatic nitrogens is 3. The zero-order valence-corrected chi connectivity index (χ0v) is 12.2. The number of nitrogens with one attached hydrogen (secondary N) is 2. The van der Waals surface area contributed by atoms with Crippen LogP contribution >= 0.6 is 0 Å². The van der Waals surface area contributed by atoms with Crippen LogP contribution in [0.5, 0.6) is 0 Å². The lowest BCUT2D eigenvalue weighted by atomic mass is 9.92. The van der Waals surface area contributed by atoms with E-state index >= 15 is 0 Å². The Kier molecular flexibility index (Phi) is 3.18. The van der Waals surface area contributed by atoms with Crippen molar-refractivity contribution in [2.24, 2.45) is 0 Å². The van der Waals surface area contributed by atoms with E-state index in [2.05, 4.69) is 20.3 Å². The van der Waals surface area contributed by atoms with Gasteiger partial charge in [0, 0.05) is 24.3 Å². The van der Waals surface area contributed by atoms with Gasteiger partial charge in [0.2, 0.25) is 5.92 Å². The second kappa shape index (κ2) is 5.11. The highest BCUT2D eigenvalue weighted by Gasteiger charge is 2.36. The molecule has 3 aromatic rings. The zero-order valence-electron chi connectivity index (χ0n) is 12.2. The number of H-pyrrole nitrogens is 1. The van der Waals surface area contributed by atoms with Crippen molar-refractivity contribution < 1.29 is 13.2 Å². The Morgan fingerprint density at radius 2 is 2.13 bits per heavy atom. The van der Waals surface area contributed by atoms with E-state index in [1.165, 1.54) is 18.5 Å².